The Morgan fingerprint density at radius 1 is 1.05 bits per heavy atom. The van der Waals surface area contributed by atoms with E-state index < -0.39 is 11.7 Å². The van der Waals surface area contributed by atoms with Gasteiger partial charge in [-0.15, -0.1) is 0 Å². The molecule has 0 unspecified atom stereocenters. The van der Waals surface area contributed by atoms with Crippen molar-refractivity contribution in [3.05, 3.63) is 71.3 Å². The molecule has 1 amide bonds. The molecule has 38 heavy (non-hydrogen) atoms. The van der Waals surface area contributed by atoms with Crippen LogP contribution in [0.5, 0.6) is 0 Å². The van der Waals surface area contributed by atoms with Crippen LogP contribution in [0, 0.1) is 5.82 Å². The predicted molar refractivity (Wildman–Crippen MR) is 141 cm³/mol. The van der Waals surface area contributed by atoms with Crippen LogP contribution in [0.4, 0.5) is 28.4 Å². The number of hydrogen-bond donors (Lipinski definition) is 0. The maximum atomic E-state index is 13.2. The van der Waals surface area contributed by atoms with Crippen molar-refractivity contribution < 1.29 is 22.4 Å². The minimum atomic E-state index is -4.38. The van der Waals surface area contributed by atoms with Gasteiger partial charge in [-0.25, -0.2) is 9.37 Å². The summed E-state index contributed by atoms with van der Waals surface area (Å²) in [5.74, 6) is 0.398. The summed E-state index contributed by atoms with van der Waals surface area (Å²) in [6, 6.07) is 11.6. The number of aromatic nitrogens is 2. The van der Waals surface area contributed by atoms with Crippen LogP contribution in [0.25, 0.3) is 0 Å². The Morgan fingerprint density at radius 2 is 1.79 bits per heavy atom. The maximum absolute atomic E-state index is 13.2. The average Bonchev–Trinajstić information content (AvgIpc) is 3.38. The number of unbranched alkanes of at least 4 members (excludes halogenated alkanes) is 1. The van der Waals surface area contributed by atoms with Gasteiger partial charge in [0.15, 0.2) is 0 Å². The molecule has 2 heterocycles. The molecule has 0 spiro atoms. The van der Waals surface area contributed by atoms with Crippen LogP contribution in [0.15, 0.2) is 48.5 Å². The van der Waals surface area contributed by atoms with E-state index in [-0.39, 0.29) is 11.7 Å². The Kier molecular flexibility index (Phi) is 9.19. The minimum absolute atomic E-state index is 0.0197. The van der Waals surface area contributed by atoms with Crippen LogP contribution in [0.2, 0.25) is 0 Å². The van der Waals surface area contributed by atoms with Crippen molar-refractivity contribution in [2.24, 2.45) is 0 Å². The molecule has 0 aliphatic carbocycles. The Balaban J connectivity index is 1.31. The summed E-state index contributed by atoms with van der Waals surface area (Å²) in [6.07, 6.45) is -1.60. The molecule has 1 aliphatic rings. The van der Waals surface area contributed by atoms with Crippen molar-refractivity contribution in [3.8, 4) is 0 Å². The smallest absolute Gasteiger partial charge is 0.368 e. The average molecular weight is 550 g/mol. The van der Waals surface area contributed by atoms with Gasteiger partial charge in [0, 0.05) is 69.3 Å². The third-order valence-corrected chi connectivity index (χ3v) is 7.37. The molecule has 0 bridgehead atoms. The van der Waals surface area contributed by atoms with E-state index in [9.17, 15) is 22.4 Å². The lowest BCUT2D eigenvalue weighted by Crippen LogP contribution is -2.49. The van der Waals surface area contributed by atoms with E-state index in [1.807, 2.05) is 4.90 Å². The number of hydrogen-bond acceptors (Lipinski definition) is 6. The zero-order chi connectivity index (χ0) is 27.1. The first kappa shape index (κ1) is 27.8. The van der Waals surface area contributed by atoms with E-state index in [0.717, 1.165) is 42.2 Å². The molecule has 0 radical (unpaired) electrons. The fraction of sp³-hybridized carbons (Fsp3) is 0.444. The fourth-order valence-corrected chi connectivity index (χ4v) is 5.10. The molecule has 204 valence electrons. The second-order valence-corrected chi connectivity index (χ2v) is 10.0. The Bertz CT molecular complexity index is 1190. The van der Waals surface area contributed by atoms with Crippen LogP contribution in [-0.4, -0.2) is 59.4 Å². The van der Waals surface area contributed by atoms with Crippen LogP contribution in [0.1, 0.15) is 43.1 Å². The summed E-state index contributed by atoms with van der Waals surface area (Å²) in [6.45, 7) is 5.27. The highest BCUT2D eigenvalue weighted by atomic mass is 32.1. The first-order chi connectivity index (χ1) is 18.2. The standard InChI is InChI=1S/C27H31F4N5OS/c1-2-3-12-36(26-32-24(33-38-26)18-20-7-9-22(28)10-8-20)13-11-25(37)35-16-14-34(15-17-35)23-6-4-5-21(19-23)27(29,30)31/h4-10,19H,2-3,11-18H2,1H3. The van der Waals surface area contributed by atoms with Gasteiger partial charge in [0.25, 0.3) is 0 Å². The highest BCUT2D eigenvalue weighted by molar-refractivity contribution is 7.09. The van der Waals surface area contributed by atoms with Gasteiger partial charge in [-0.1, -0.05) is 31.5 Å². The molecule has 3 aromatic rings. The van der Waals surface area contributed by atoms with Crippen LogP contribution in [0.3, 0.4) is 0 Å². The number of halogens is 4. The minimum Gasteiger partial charge on any atom is -0.368 e. The topological polar surface area (TPSA) is 52.6 Å². The zero-order valence-electron chi connectivity index (χ0n) is 21.3. The summed E-state index contributed by atoms with van der Waals surface area (Å²) in [5.41, 5.74) is 0.777. The van der Waals surface area contributed by atoms with Crippen LogP contribution in [-0.2, 0) is 17.4 Å². The molecule has 1 saturated heterocycles. The second kappa shape index (κ2) is 12.6. The highest BCUT2D eigenvalue weighted by Crippen LogP contribution is 2.32. The van der Waals surface area contributed by atoms with E-state index in [1.54, 1.807) is 23.1 Å². The third kappa shape index (κ3) is 7.43. The summed E-state index contributed by atoms with van der Waals surface area (Å²) >= 11 is 1.30. The first-order valence-electron chi connectivity index (χ1n) is 12.7. The number of piperazine rings is 1. The van der Waals surface area contributed by atoms with Gasteiger partial charge in [-0.2, -0.15) is 17.5 Å². The van der Waals surface area contributed by atoms with Crippen molar-refractivity contribution in [1.82, 2.24) is 14.3 Å². The second-order valence-electron chi connectivity index (χ2n) is 9.30. The summed E-state index contributed by atoms with van der Waals surface area (Å²) in [4.78, 5) is 23.4. The number of carbonyl (C=O) groups is 1. The molecular formula is C27H31F4N5OS. The molecule has 1 aliphatic heterocycles. The van der Waals surface area contributed by atoms with Crippen molar-refractivity contribution >= 4 is 28.3 Å². The van der Waals surface area contributed by atoms with Gasteiger partial charge in [0.2, 0.25) is 11.0 Å². The van der Waals surface area contributed by atoms with Crippen molar-refractivity contribution in [2.45, 2.75) is 38.8 Å². The van der Waals surface area contributed by atoms with Crippen molar-refractivity contribution in [1.29, 1.82) is 0 Å². The van der Waals surface area contributed by atoms with Gasteiger partial charge < -0.3 is 14.7 Å². The zero-order valence-corrected chi connectivity index (χ0v) is 22.1. The van der Waals surface area contributed by atoms with E-state index >= 15 is 0 Å². The van der Waals surface area contributed by atoms with Gasteiger partial charge in [-0.05, 0) is 42.3 Å². The van der Waals surface area contributed by atoms with Gasteiger partial charge in [-0.3, -0.25) is 4.79 Å². The maximum Gasteiger partial charge on any atom is 0.416 e. The monoisotopic (exact) mass is 549 g/mol. The van der Waals surface area contributed by atoms with Crippen molar-refractivity contribution in [3.63, 3.8) is 0 Å². The molecule has 0 N–H and O–H groups in total. The number of carbonyl (C=O) groups excluding carboxylic acids is 1. The van der Waals surface area contributed by atoms with E-state index in [0.29, 0.717) is 57.1 Å². The lowest BCUT2D eigenvalue weighted by atomic mass is 10.1. The predicted octanol–water partition coefficient (Wildman–Crippen LogP) is 5.63. The number of alkyl halides is 3. The van der Waals surface area contributed by atoms with E-state index in [1.165, 1.54) is 29.7 Å². The largest absolute Gasteiger partial charge is 0.416 e. The molecule has 0 saturated carbocycles. The SMILES string of the molecule is CCCCN(CCC(=O)N1CCN(c2cccc(C(F)(F)F)c2)CC1)c1nc(Cc2ccc(F)cc2)ns1. The highest BCUT2D eigenvalue weighted by Gasteiger charge is 2.31. The molecule has 1 aromatic heterocycles. The van der Waals surface area contributed by atoms with Gasteiger partial charge in [0.05, 0.1) is 5.56 Å². The van der Waals surface area contributed by atoms with E-state index in [2.05, 4.69) is 21.2 Å². The number of anilines is 2. The quantitative estimate of drug-likeness (QED) is 0.307. The van der Waals surface area contributed by atoms with Crippen LogP contribution < -0.4 is 9.80 Å². The Labute approximate surface area is 224 Å². The van der Waals surface area contributed by atoms with Crippen LogP contribution >= 0.6 is 11.5 Å². The lowest BCUT2D eigenvalue weighted by molar-refractivity contribution is -0.137. The third-order valence-electron chi connectivity index (χ3n) is 6.55. The Morgan fingerprint density at radius 3 is 2.47 bits per heavy atom. The Hall–Kier alpha value is -3.21. The van der Waals surface area contributed by atoms with E-state index in [4.69, 9.17) is 0 Å². The first-order valence-corrected chi connectivity index (χ1v) is 13.5. The molecular weight excluding hydrogens is 518 g/mol. The number of benzene rings is 2. The van der Waals surface area contributed by atoms with Gasteiger partial charge >= 0.3 is 6.18 Å². The lowest BCUT2D eigenvalue weighted by Gasteiger charge is -2.36. The van der Waals surface area contributed by atoms with Crippen molar-refractivity contribution in [2.75, 3.05) is 49.1 Å². The number of amides is 1. The fourth-order valence-electron chi connectivity index (χ4n) is 4.36. The summed E-state index contributed by atoms with van der Waals surface area (Å²) in [7, 11) is 0. The molecule has 6 nitrogen and oxygen atoms in total. The molecule has 11 heteroatoms. The molecule has 4 rings (SSSR count). The summed E-state index contributed by atoms with van der Waals surface area (Å²) < 4.78 is 56.9. The molecule has 2 aromatic carbocycles. The molecule has 1 fully saturated rings. The summed E-state index contributed by atoms with van der Waals surface area (Å²) in [5, 5.41) is 0.762. The normalized spacial score (nSPS) is 14.1. The number of nitrogens with zero attached hydrogens (tertiary/aromatic N) is 5. The van der Waals surface area contributed by atoms with Gasteiger partial charge in [0.1, 0.15) is 11.6 Å². The molecule has 0 atom stereocenters. The number of rotatable bonds is 10.